The number of nitrogens with zero attached hydrogens (tertiary/aromatic N) is 2. The third-order valence-corrected chi connectivity index (χ3v) is 3.49. The van der Waals surface area contributed by atoms with Crippen molar-refractivity contribution in [3.63, 3.8) is 0 Å². The Bertz CT molecular complexity index is 469. The molecule has 1 aromatic rings. The summed E-state index contributed by atoms with van der Waals surface area (Å²) >= 11 is 6.02. The van der Waals surface area contributed by atoms with Gasteiger partial charge in [-0.25, -0.2) is 0 Å². The van der Waals surface area contributed by atoms with Gasteiger partial charge in [0.1, 0.15) is 0 Å². The maximum absolute atomic E-state index is 12.3. The van der Waals surface area contributed by atoms with Crippen LogP contribution in [0.3, 0.4) is 0 Å². The Morgan fingerprint density at radius 3 is 2.55 bits per heavy atom. The summed E-state index contributed by atoms with van der Waals surface area (Å²) in [5, 5.41) is 0.331. The molecule has 0 spiro atoms. The van der Waals surface area contributed by atoms with Gasteiger partial charge in [-0.05, 0) is 31.7 Å². The van der Waals surface area contributed by atoms with E-state index in [4.69, 9.17) is 11.6 Å². The molecule has 0 bridgehead atoms. The van der Waals surface area contributed by atoms with Crippen molar-refractivity contribution in [3.8, 4) is 0 Å². The second-order valence-electron chi connectivity index (χ2n) is 5.49. The van der Waals surface area contributed by atoms with Gasteiger partial charge in [-0.15, -0.1) is 0 Å². The van der Waals surface area contributed by atoms with Crippen LogP contribution in [-0.2, 0) is 4.79 Å². The van der Waals surface area contributed by atoms with Gasteiger partial charge in [-0.3, -0.25) is 14.6 Å². The van der Waals surface area contributed by atoms with E-state index in [-0.39, 0.29) is 18.4 Å². The lowest BCUT2D eigenvalue weighted by atomic mass is 10.0. The van der Waals surface area contributed by atoms with Gasteiger partial charge in [0.25, 0.3) is 0 Å². The molecule has 4 nitrogen and oxygen atoms in total. The van der Waals surface area contributed by atoms with E-state index in [1.807, 2.05) is 6.92 Å². The van der Waals surface area contributed by atoms with E-state index in [2.05, 4.69) is 18.8 Å². The van der Waals surface area contributed by atoms with Crippen LogP contribution in [0.2, 0.25) is 5.02 Å². The molecule has 5 heteroatoms. The van der Waals surface area contributed by atoms with Gasteiger partial charge in [0, 0.05) is 24.0 Å². The molecule has 0 N–H and O–H groups in total. The molecule has 0 saturated heterocycles. The van der Waals surface area contributed by atoms with E-state index in [0.717, 1.165) is 18.4 Å². The molecular weight excluding hydrogens is 276 g/mol. The summed E-state index contributed by atoms with van der Waals surface area (Å²) < 4.78 is 0. The van der Waals surface area contributed by atoms with Crippen molar-refractivity contribution in [3.05, 3.63) is 28.5 Å². The molecule has 1 aromatic heterocycles. The van der Waals surface area contributed by atoms with Crippen molar-refractivity contribution in [1.82, 2.24) is 9.88 Å². The average Bonchev–Trinajstić information content (AvgIpc) is 2.34. The Kier molecular flexibility index (Phi) is 6.14. The fourth-order valence-corrected chi connectivity index (χ4v) is 2.56. The summed E-state index contributed by atoms with van der Waals surface area (Å²) in [5.41, 5.74) is 1.18. The molecule has 0 fully saturated rings. The second kappa shape index (κ2) is 7.39. The lowest BCUT2D eigenvalue weighted by Gasteiger charge is -2.26. The van der Waals surface area contributed by atoms with Crippen molar-refractivity contribution in [2.24, 2.45) is 5.92 Å². The SMILES string of the molecule is Cc1cncc(Cl)c1C(=O)CN(C=O)C(C)CC(C)C. The number of pyridine rings is 1. The number of aromatic nitrogens is 1. The number of ketones is 1. The normalized spacial score (nSPS) is 12.3. The minimum absolute atomic E-state index is 0.0253. The molecule has 1 heterocycles. The highest BCUT2D eigenvalue weighted by atomic mass is 35.5. The molecular formula is C15H21ClN2O2. The van der Waals surface area contributed by atoms with Gasteiger partial charge in [0.05, 0.1) is 11.6 Å². The third kappa shape index (κ3) is 4.30. The number of hydrogen-bond donors (Lipinski definition) is 0. The molecule has 110 valence electrons. The van der Waals surface area contributed by atoms with E-state index in [9.17, 15) is 9.59 Å². The van der Waals surface area contributed by atoms with Gasteiger partial charge in [0.15, 0.2) is 5.78 Å². The summed E-state index contributed by atoms with van der Waals surface area (Å²) in [6, 6.07) is 0.0253. The maximum Gasteiger partial charge on any atom is 0.210 e. The summed E-state index contributed by atoms with van der Waals surface area (Å²) in [6.45, 7) is 7.95. The van der Waals surface area contributed by atoms with Crippen LogP contribution in [0.15, 0.2) is 12.4 Å². The summed E-state index contributed by atoms with van der Waals surface area (Å²) in [7, 11) is 0. The predicted molar refractivity (Wildman–Crippen MR) is 80.0 cm³/mol. The number of rotatable bonds is 7. The standard InChI is InChI=1S/C15H21ClN2O2/c1-10(2)5-12(4)18(9-19)8-14(20)15-11(3)6-17-7-13(15)16/h6-7,9-10,12H,5,8H2,1-4H3. The topological polar surface area (TPSA) is 50.3 Å². The number of carbonyl (C=O) groups excluding carboxylic acids is 2. The van der Waals surface area contributed by atoms with Crippen molar-refractivity contribution < 1.29 is 9.59 Å². The second-order valence-corrected chi connectivity index (χ2v) is 5.90. The highest BCUT2D eigenvalue weighted by molar-refractivity contribution is 6.34. The van der Waals surface area contributed by atoms with E-state index >= 15 is 0 Å². The molecule has 20 heavy (non-hydrogen) atoms. The first kappa shape index (κ1) is 16.6. The predicted octanol–water partition coefficient (Wildman–Crippen LogP) is 3.12. The van der Waals surface area contributed by atoms with Gasteiger partial charge in [-0.2, -0.15) is 0 Å². The van der Waals surface area contributed by atoms with E-state index in [1.165, 1.54) is 11.1 Å². The minimum Gasteiger partial charge on any atom is -0.335 e. The van der Waals surface area contributed by atoms with Gasteiger partial charge < -0.3 is 4.90 Å². The molecule has 0 aromatic carbocycles. The average molecular weight is 297 g/mol. The van der Waals surface area contributed by atoms with Crippen LogP contribution in [0.1, 0.15) is 43.1 Å². The monoisotopic (exact) mass is 296 g/mol. The van der Waals surface area contributed by atoms with Crippen LogP contribution in [0.4, 0.5) is 0 Å². The van der Waals surface area contributed by atoms with Crippen LogP contribution in [0.5, 0.6) is 0 Å². The lowest BCUT2D eigenvalue weighted by molar-refractivity contribution is -0.119. The van der Waals surface area contributed by atoms with Crippen LogP contribution >= 0.6 is 11.6 Å². The van der Waals surface area contributed by atoms with Crippen LogP contribution in [0, 0.1) is 12.8 Å². The molecule has 1 amide bonds. The molecule has 1 unspecified atom stereocenters. The van der Waals surface area contributed by atoms with E-state index in [1.54, 1.807) is 13.1 Å². The highest BCUT2D eigenvalue weighted by Gasteiger charge is 2.20. The molecule has 0 aliphatic rings. The number of carbonyl (C=O) groups is 2. The Hall–Kier alpha value is -1.42. The number of Topliss-reactive ketones (excluding diaryl/α,β-unsaturated/α-hetero) is 1. The number of amides is 1. The largest absolute Gasteiger partial charge is 0.335 e. The number of hydrogen-bond acceptors (Lipinski definition) is 3. The molecule has 1 atom stereocenters. The zero-order chi connectivity index (χ0) is 15.3. The van der Waals surface area contributed by atoms with E-state index in [0.29, 0.717) is 16.5 Å². The molecule has 0 aliphatic heterocycles. The molecule has 0 aliphatic carbocycles. The summed E-state index contributed by atoms with van der Waals surface area (Å²) in [4.78, 5) is 29.0. The zero-order valence-electron chi connectivity index (χ0n) is 12.4. The van der Waals surface area contributed by atoms with E-state index < -0.39 is 0 Å². The Labute approximate surface area is 125 Å². The fraction of sp³-hybridized carbons (Fsp3) is 0.533. The lowest BCUT2D eigenvalue weighted by Crippen LogP contribution is -2.37. The Morgan fingerprint density at radius 2 is 2.05 bits per heavy atom. The van der Waals surface area contributed by atoms with Crippen molar-refractivity contribution >= 4 is 23.8 Å². The molecule has 0 saturated carbocycles. The highest BCUT2D eigenvalue weighted by Crippen LogP contribution is 2.19. The molecule has 0 radical (unpaired) electrons. The van der Waals surface area contributed by atoms with Crippen LogP contribution in [0.25, 0.3) is 0 Å². The zero-order valence-corrected chi connectivity index (χ0v) is 13.1. The van der Waals surface area contributed by atoms with Gasteiger partial charge >= 0.3 is 0 Å². The van der Waals surface area contributed by atoms with Crippen molar-refractivity contribution in [2.45, 2.75) is 40.2 Å². The third-order valence-electron chi connectivity index (χ3n) is 3.21. The van der Waals surface area contributed by atoms with Gasteiger partial charge in [-0.1, -0.05) is 25.4 Å². The fourth-order valence-electron chi connectivity index (χ4n) is 2.24. The van der Waals surface area contributed by atoms with Crippen LogP contribution in [-0.4, -0.2) is 34.7 Å². The first-order valence-corrected chi connectivity index (χ1v) is 7.09. The number of aryl methyl sites for hydroxylation is 1. The maximum atomic E-state index is 12.3. The first-order chi connectivity index (χ1) is 9.36. The van der Waals surface area contributed by atoms with Gasteiger partial charge in [0.2, 0.25) is 6.41 Å². The number of halogens is 1. The quantitative estimate of drug-likeness (QED) is 0.574. The summed E-state index contributed by atoms with van der Waals surface area (Å²) in [6.07, 6.45) is 4.64. The van der Waals surface area contributed by atoms with Crippen molar-refractivity contribution in [1.29, 1.82) is 0 Å². The minimum atomic E-state index is -0.155. The Morgan fingerprint density at radius 1 is 1.40 bits per heavy atom. The Balaban J connectivity index is 2.85. The van der Waals surface area contributed by atoms with Crippen LogP contribution < -0.4 is 0 Å². The molecule has 1 rings (SSSR count). The van der Waals surface area contributed by atoms with Crippen molar-refractivity contribution in [2.75, 3.05) is 6.54 Å². The smallest absolute Gasteiger partial charge is 0.210 e. The summed E-state index contributed by atoms with van der Waals surface area (Å²) in [5.74, 6) is 0.311. The first-order valence-electron chi connectivity index (χ1n) is 6.71.